The molecule has 1 aromatic heterocycles. The van der Waals surface area contributed by atoms with Crippen LogP contribution in [0.15, 0.2) is 16.5 Å². The molecule has 90 valence electrons. The van der Waals surface area contributed by atoms with Gasteiger partial charge >= 0.3 is 0 Å². The van der Waals surface area contributed by atoms with E-state index in [-0.39, 0.29) is 5.75 Å². The predicted octanol–water partition coefficient (Wildman–Crippen LogP) is 2.31. The number of phenolic OH excluding ortho intramolecular Hbond substituents is 1. The maximum atomic E-state index is 10.3. The Balaban J connectivity index is 2.06. The SMILES string of the molecule is Cc1nc2ccc(C3CCNCC3)c(O)c2o1. The van der Waals surface area contributed by atoms with Gasteiger partial charge in [0, 0.05) is 12.5 Å². The standard InChI is InChI=1S/C13H16N2O2/c1-8-15-11-3-2-10(12(16)13(11)17-8)9-4-6-14-7-5-9/h2-3,9,14,16H,4-7H2,1H3. The molecule has 1 fully saturated rings. The van der Waals surface area contributed by atoms with Gasteiger partial charge in [0.2, 0.25) is 0 Å². The van der Waals surface area contributed by atoms with Crippen molar-refractivity contribution >= 4 is 11.1 Å². The van der Waals surface area contributed by atoms with Gasteiger partial charge in [0.1, 0.15) is 5.52 Å². The van der Waals surface area contributed by atoms with Crippen LogP contribution in [0.5, 0.6) is 5.75 Å². The van der Waals surface area contributed by atoms with Crippen molar-refractivity contribution in [2.75, 3.05) is 13.1 Å². The summed E-state index contributed by atoms with van der Waals surface area (Å²) in [6, 6.07) is 3.92. The van der Waals surface area contributed by atoms with Crippen LogP contribution in [0.4, 0.5) is 0 Å². The van der Waals surface area contributed by atoms with E-state index in [1.165, 1.54) is 0 Å². The maximum absolute atomic E-state index is 10.3. The highest BCUT2D eigenvalue weighted by Gasteiger charge is 2.21. The Morgan fingerprint density at radius 1 is 1.35 bits per heavy atom. The molecule has 1 aliphatic rings. The molecule has 2 N–H and O–H groups in total. The van der Waals surface area contributed by atoms with E-state index in [0.717, 1.165) is 37.0 Å². The molecule has 1 aliphatic heterocycles. The van der Waals surface area contributed by atoms with Crippen LogP contribution in [0, 0.1) is 6.92 Å². The highest BCUT2D eigenvalue weighted by atomic mass is 16.4. The summed E-state index contributed by atoms with van der Waals surface area (Å²) < 4.78 is 5.45. The first-order valence-corrected chi connectivity index (χ1v) is 6.05. The number of fused-ring (bicyclic) bond motifs is 1. The summed E-state index contributed by atoms with van der Waals surface area (Å²) >= 11 is 0. The van der Waals surface area contributed by atoms with Crippen molar-refractivity contribution in [3.05, 3.63) is 23.6 Å². The van der Waals surface area contributed by atoms with Crippen LogP contribution in [-0.4, -0.2) is 23.2 Å². The number of aromatic hydroxyl groups is 1. The smallest absolute Gasteiger partial charge is 0.196 e. The lowest BCUT2D eigenvalue weighted by molar-refractivity contribution is 0.419. The zero-order valence-corrected chi connectivity index (χ0v) is 9.86. The molecule has 0 aliphatic carbocycles. The number of hydrogen-bond acceptors (Lipinski definition) is 4. The van der Waals surface area contributed by atoms with Crippen LogP contribution in [-0.2, 0) is 0 Å². The van der Waals surface area contributed by atoms with E-state index in [0.29, 0.717) is 17.4 Å². The van der Waals surface area contributed by atoms with Crippen molar-refractivity contribution < 1.29 is 9.52 Å². The molecule has 0 bridgehead atoms. The molecule has 3 rings (SSSR count). The summed E-state index contributed by atoms with van der Waals surface area (Å²) in [6.45, 7) is 3.82. The lowest BCUT2D eigenvalue weighted by Crippen LogP contribution is -2.26. The maximum Gasteiger partial charge on any atom is 0.196 e. The number of oxazole rings is 1. The number of rotatable bonds is 1. The van der Waals surface area contributed by atoms with Gasteiger partial charge < -0.3 is 14.8 Å². The minimum Gasteiger partial charge on any atom is -0.504 e. The second kappa shape index (κ2) is 4.04. The molecule has 1 saturated heterocycles. The van der Waals surface area contributed by atoms with Gasteiger partial charge in [0.05, 0.1) is 0 Å². The summed E-state index contributed by atoms with van der Waals surface area (Å²) in [4.78, 5) is 4.22. The summed E-state index contributed by atoms with van der Waals surface area (Å²) in [7, 11) is 0. The van der Waals surface area contributed by atoms with Crippen LogP contribution in [0.1, 0.15) is 30.2 Å². The Morgan fingerprint density at radius 3 is 2.88 bits per heavy atom. The molecule has 0 atom stereocenters. The first kappa shape index (κ1) is 10.6. The van der Waals surface area contributed by atoms with Gasteiger partial charge in [-0.05, 0) is 37.9 Å². The highest BCUT2D eigenvalue weighted by Crippen LogP contribution is 2.37. The van der Waals surface area contributed by atoms with Gasteiger partial charge in [-0.15, -0.1) is 0 Å². The van der Waals surface area contributed by atoms with E-state index in [9.17, 15) is 5.11 Å². The highest BCUT2D eigenvalue weighted by molar-refractivity contribution is 5.81. The fourth-order valence-electron chi connectivity index (χ4n) is 2.57. The number of nitrogens with zero attached hydrogens (tertiary/aromatic N) is 1. The Kier molecular flexibility index (Phi) is 2.52. The summed E-state index contributed by atoms with van der Waals surface area (Å²) in [5.41, 5.74) is 2.26. The quantitative estimate of drug-likeness (QED) is 0.792. The van der Waals surface area contributed by atoms with E-state index in [1.807, 2.05) is 12.1 Å². The van der Waals surface area contributed by atoms with Gasteiger partial charge in [0.15, 0.2) is 17.2 Å². The average molecular weight is 232 g/mol. The van der Waals surface area contributed by atoms with Crippen molar-refractivity contribution in [1.29, 1.82) is 0 Å². The van der Waals surface area contributed by atoms with Crippen molar-refractivity contribution in [3.63, 3.8) is 0 Å². The molecule has 0 saturated carbocycles. The van der Waals surface area contributed by atoms with Crippen LogP contribution in [0.2, 0.25) is 0 Å². The number of aryl methyl sites for hydroxylation is 1. The normalized spacial score (nSPS) is 17.7. The Morgan fingerprint density at radius 2 is 2.12 bits per heavy atom. The molecule has 0 spiro atoms. The van der Waals surface area contributed by atoms with Crippen LogP contribution in [0.25, 0.3) is 11.1 Å². The zero-order chi connectivity index (χ0) is 11.8. The minimum absolute atomic E-state index is 0.273. The number of hydrogen-bond donors (Lipinski definition) is 2. The monoisotopic (exact) mass is 232 g/mol. The fraction of sp³-hybridized carbons (Fsp3) is 0.462. The van der Waals surface area contributed by atoms with Crippen molar-refractivity contribution in [2.45, 2.75) is 25.7 Å². The van der Waals surface area contributed by atoms with E-state index >= 15 is 0 Å². The molecular formula is C13H16N2O2. The van der Waals surface area contributed by atoms with E-state index < -0.39 is 0 Å². The topological polar surface area (TPSA) is 58.3 Å². The van der Waals surface area contributed by atoms with Crippen molar-refractivity contribution in [3.8, 4) is 5.75 Å². The lowest BCUT2D eigenvalue weighted by atomic mass is 9.89. The van der Waals surface area contributed by atoms with E-state index in [2.05, 4.69) is 10.3 Å². The summed E-state index contributed by atoms with van der Waals surface area (Å²) in [5, 5.41) is 13.6. The number of benzene rings is 1. The predicted molar refractivity (Wildman–Crippen MR) is 65.3 cm³/mol. The molecule has 2 aromatic rings. The molecule has 2 heterocycles. The molecule has 17 heavy (non-hydrogen) atoms. The van der Waals surface area contributed by atoms with Crippen LogP contribution >= 0.6 is 0 Å². The van der Waals surface area contributed by atoms with E-state index in [4.69, 9.17) is 4.42 Å². The number of aromatic nitrogens is 1. The largest absolute Gasteiger partial charge is 0.504 e. The third-order valence-electron chi connectivity index (χ3n) is 3.45. The molecule has 0 unspecified atom stereocenters. The molecule has 0 amide bonds. The zero-order valence-electron chi connectivity index (χ0n) is 9.86. The first-order valence-electron chi connectivity index (χ1n) is 6.05. The van der Waals surface area contributed by atoms with Gasteiger partial charge in [-0.3, -0.25) is 0 Å². The average Bonchev–Trinajstić information content (AvgIpc) is 2.72. The van der Waals surface area contributed by atoms with Gasteiger partial charge in [0.25, 0.3) is 0 Å². The third-order valence-corrected chi connectivity index (χ3v) is 3.45. The molecule has 0 radical (unpaired) electrons. The number of piperidine rings is 1. The second-order valence-electron chi connectivity index (χ2n) is 4.61. The van der Waals surface area contributed by atoms with Gasteiger partial charge in [-0.2, -0.15) is 0 Å². The van der Waals surface area contributed by atoms with Gasteiger partial charge in [-0.1, -0.05) is 6.07 Å². The molecule has 4 heteroatoms. The first-order chi connectivity index (χ1) is 8.25. The third kappa shape index (κ3) is 1.78. The van der Waals surface area contributed by atoms with Crippen LogP contribution < -0.4 is 5.32 Å². The Labute approximate surface area is 99.7 Å². The van der Waals surface area contributed by atoms with Crippen molar-refractivity contribution in [2.24, 2.45) is 0 Å². The summed E-state index contributed by atoms with van der Waals surface area (Å²) in [6.07, 6.45) is 2.12. The van der Waals surface area contributed by atoms with E-state index in [1.54, 1.807) is 6.92 Å². The van der Waals surface area contributed by atoms with Crippen molar-refractivity contribution in [1.82, 2.24) is 10.3 Å². The minimum atomic E-state index is 0.273. The van der Waals surface area contributed by atoms with Crippen LogP contribution in [0.3, 0.4) is 0 Å². The lowest BCUT2D eigenvalue weighted by Gasteiger charge is -2.23. The molecule has 1 aromatic carbocycles. The Hall–Kier alpha value is -1.55. The number of nitrogens with one attached hydrogen (secondary N) is 1. The molecular weight excluding hydrogens is 216 g/mol. The van der Waals surface area contributed by atoms with Gasteiger partial charge in [-0.25, -0.2) is 4.98 Å². The molecule has 4 nitrogen and oxygen atoms in total. The second-order valence-corrected chi connectivity index (χ2v) is 4.61. The summed E-state index contributed by atoms with van der Waals surface area (Å²) in [5.74, 6) is 1.29. The number of phenols is 1. The Bertz CT molecular complexity index is 542. The fourth-order valence-corrected chi connectivity index (χ4v) is 2.57.